The zero-order chi connectivity index (χ0) is 6.15. The number of aliphatic hydroxyl groups excluding tert-OH is 1. The van der Waals surface area contributed by atoms with Crippen molar-refractivity contribution in [3.05, 3.63) is 0 Å². The van der Waals surface area contributed by atoms with E-state index in [4.69, 9.17) is 10.9 Å². The van der Waals surface area contributed by atoms with Gasteiger partial charge in [0.1, 0.15) is 6.23 Å². The van der Waals surface area contributed by atoms with E-state index in [1.54, 1.807) is 0 Å². The van der Waals surface area contributed by atoms with E-state index in [1.165, 1.54) is 5.01 Å². The molecule has 2 atom stereocenters. The minimum Gasteiger partial charge on any atom is -0.377 e. The number of aliphatic hydroxyl groups is 1. The zero-order valence-corrected chi connectivity index (χ0v) is 5.04. The van der Waals surface area contributed by atoms with Crippen LogP contribution in [-0.4, -0.2) is 22.9 Å². The predicted octanol–water partition coefficient (Wildman–Crippen LogP) is -0.480. The number of hydrazine groups is 1. The average Bonchev–Trinajstić information content (AvgIpc) is 1.85. The summed E-state index contributed by atoms with van der Waals surface area (Å²) < 4.78 is 0. The summed E-state index contributed by atoms with van der Waals surface area (Å²) in [5.74, 6) is 5.90. The summed E-state index contributed by atoms with van der Waals surface area (Å²) in [6.07, 6.45) is 0.418. The van der Waals surface area contributed by atoms with E-state index in [2.05, 4.69) is 6.92 Å². The van der Waals surface area contributed by atoms with Gasteiger partial charge in [0, 0.05) is 6.54 Å². The highest BCUT2D eigenvalue weighted by atomic mass is 16.3. The van der Waals surface area contributed by atoms with E-state index >= 15 is 0 Å². The fourth-order valence-electron chi connectivity index (χ4n) is 1.05. The molecule has 48 valence electrons. The van der Waals surface area contributed by atoms with Crippen LogP contribution in [0.1, 0.15) is 13.3 Å². The highest BCUT2D eigenvalue weighted by Gasteiger charge is 2.24. The summed E-state index contributed by atoms with van der Waals surface area (Å²) in [5, 5.41) is 10.4. The molecule has 1 rings (SSSR count). The van der Waals surface area contributed by atoms with Crippen molar-refractivity contribution in [2.24, 2.45) is 11.8 Å². The molecule has 0 bridgehead atoms. The van der Waals surface area contributed by atoms with E-state index in [0.717, 1.165) is 13.0 Å². The van der Waals surface area contributed by atoms with Gasteiger partial charge in [0.05, 0.1) is 0 Å². The standard InChI is InChI=1S/C5H12N2O/c1-4-2-5(8)7(6)3-4/h4-5,8H,2-3,6H2,1H3. The largest absolute Gasteiger partial charge is 0.377 e. The topological polar surface area (TPSA) is 49.5 Å². The lowest BCUT2D eigenvalue weighted by Crippen LogP contribution is -2.35. The van der Waals surface area contributed by atoms with Gasteiger partial charge in [-0.15, -0.1) is 0 Å². The monoisotopic (exact) mass is 116 g/mol. The Kier molecular flexibility index (Phi) is 1.51. The molecule has 0 aromatic heterocycles. The predicted molar refractivity (Wildman–Crippen MR) is 30.7 cm³/mol. The second-order valence-electron chi connectivity index (χ2n) is 2.52. The van der Waals surface area contributed by atoms with Crippen molar-refractivity contribution in [3.8, 4) is 0 Å². The summed E-state index contributed by atoms with van der Waals surface area (Å²) in [6.45, 7) is 2.90. The summed E-state index contributed by atoms with van der Waals surface area (Å²) >= 11 is 0. The first-order valence-corrected chi connectivity index (χ1v) is 2.89. The van der Waals surface area contributed by atoms with Crippen molar-refractivity contribution in [2.45, 2.75) is 19.6 Å². The fraction of sp³-hybridized carbons (Fsp3) is 1.00. The molecule has 0 aromatic rings. The van der Waals surface area contributed by atoms with Crippen LogP contribution in [0.15, 0.2) is 0 Å². The molecule has 1 fully saturated rings. The molecule has 0 radical (unpaired) electrons. The molecule has 1 heterocycles. The van der Waals surface area contributed by atoms with Crippen LogP contribution >= 0.6 is 0 Å². The van der Waals surface area contributed by atoms with Crippen molar-refractivity contribution in [1.29, 1.82) is 0 Å². The molecule has 1 aliphatic rings. The van der Waals surface area contributed by atoms with Crippen LogP contribution in [0.3, 0.4) is 0 Å². The third-order valence-electron chi connectivity index (χ3n) is 1.52. The normalized spacial score (nSPS) is 40.9. The summed E-state index contributed by atoms with van der Waals surface area (Å²) in [6, 6.07) is 0. The van der Waals surface area contributed by atoms with Crippen molar-refractivity contribution >= 4 is 0 Å². The average molecular weight is 116 g/mol. The van der Waals surface area contributed by atoms with Crippen LogP contribution < -0.4 is 5.84 Å². The first kappa shape index (κ1) is 6.01. The van der Waals surface area contributed by atoms with Crippen molar-refractivity contribution in [3.63, 3.8) is 0 Å². The van der Waals surface area contributed by atoms with Gasteiger partial charge in [-0.25, -0.2) is 5.01 Å². The van der Waals surface area contributed by atoms with Crippen LogP contribution in [-0.2, 0) is 0 Å². The number of nitrogens with two attached hydrogens (primary N) is 1. The molecule has 3 heteroatoms. The first-order valence-electron chi connectivity index (χ1n) is 2.89. The van der Waals surface area contributed by atoms with E-state index in [1.807, 2.05) is 0 Å². The molecule has 1 aliphatic heterocycles. The Hall–Kier alpha value is -0.120. The Labute approximate surface area is 49.1 Å². The maximum atomic E-state index is 8.97. The highest BCUT2D eigenvalue weighted by Crippen LogP contribution is 2.16. The Morgan fingerprint density at radius 3 is 2.50 bits per heavy atom. The van der Waals surface area contributed by atoms with Crippen LogP contribution in [0, 0.1) is 5.92 Å². The third kappa shape index (κ3) is 0.992. The minimum absolute atomic E-state index is 0.398. The molecule has 0 amide bonds. The SMILES string of the molecule is CC1CC(O)N(N)C1. The van der Waals surface area contributed by atoms with Gasteiger partial charge in [-0.2, -0.15) is 0 Å². The van der Waals surface area contributed by atoms with Gasteiger partial charge in [0.25, 0.3) is 0 Å². The van der Waals surface area contributed by atoms with E-state index in [0.29, 0.717) is 5.92 Å². The Bertz CT molecular complexity index is 76.5. The van der Waals surface area contributed by atoms with Crippen molar-refractivity contribution in [2.75, 3.05) is 6.54 Å². The second-order valence-corrected chi connectivity index (χ2v) is 2.52. The maximum absolute atomic E-state index is 8.97. The molecule has 0 aromatic carbocycles. The molecule has 0 spiro atoms. The minimum atomic E-state index is -0.398. The van der Waals surface area contributed by atoms with Gasteiger partial charge in [0.15, 0.2) is 0 Å². The summed E-state index contributed by atoms with van der Waals surface area (Å²) in [7, 11) is 0. The molecule has 3 N–H and O–H groups in total. The smallest absolute Gasteiger partial charge is 0.119 e. The molecular formula is C5H12N2O. The summed E-state index contributed by atoms with van der Waals surface area (Å²) in [4.78, 5) is 0. The zero-order valence-electron chi connectivity index (χ0n) is 5.04. The van der Waals surface area contributed by atoms with Gasteiger partial charge >= 0.3 is 0 Å². The number of rotatable bonds is 0. The molecule has 8 heavy (non-hydrogen) atoms. The van der Waals surface area contributed by atoms with Crippen molar-refractivity contribution < 1.29 is 5.11 Å². The molecule has 0 aliphatic carbocycles. The summed E-state index contributed by atoms with van der Waals surface area (Å²) in [5.41, 5.74) is 0. The number of nitrogens with zero attached hydrogens (tertiary/aromatic N) is 1. The lowest BCUT2D eigenvalue weighted by molar-refractivity contribution is 0.0381. The number of hydrogen-bond acceptors (Lipinski definition) is 3. The van der Waals surface area contributed by atoms with Crippen LogP contribution in [0.2, 0.25) is 0 Å². The Morgan fingerprint density at radius 2 is 2.38 bits per heavy atom. The van der Waals surface area contributed by atoms with Gasteiger partial charge in [-0.3, -0.25) is 5.84 Å². The van der Waals surface area contributed by atoms with E-state index < -0.39 is 6.23 Å². The van der Waals surface area contributed by atoms with Crippen molar-refractivity contribution in [1.82, 2.24) is 5.01 Å². The first-order chi connectivity index (χ1) is 3.70. The molecular weight excluding hydrogens is 104 g/mol. The van der Waals surface area contributed by atoms with Crippen LogP contribution in [0.4, 0.5) is 0 Å². The second kappa shape index (κ2) is 2.01. The van der Waals surface area contributed by atoms with Gasteiger partial charge in [-0.1, -0.05) is 6.92 Å². The molecule has 3 nitrogen and oxygen atoms in total. The van der Waals surface area contributed by atoms with E-state index in [-0.39, 0.29) is 0 Å². The third-order valence-corrected chi connectivity index (χ3v) is 1.52. The van der Waals surface area contributed by atoms with Crippen LogP contribution in [0.5, 0.6) is 0 Å². The van der Waals surface area contributed by atoms with E-state index in [9.17, 15) is 0 Å². The quantitative estimate of drug-likeness (QED) is 0.420. The molecule has 0 saturated carbocycles. The fourth-order valence-corrected chi connectivity index (χ4v) is 1.05. The molecule has 1 saturated heterocycles. The Morgan fingerprint density at radius 1 is 1.75 bits per heavy atom. The number of hydrogen-bond donors (Lipinski definition) is 2. The van der Waals surface area contributed by atoms with Gasteiger partial charge in [-0.05, 0) is 12.3 Å². The lowest BCUT2D eigenvalue weighted by atomic mass is 10.1. The maximum Gasteiger partial charge on any atom is 0.119 e. The lowest BCUT2D eigenvalue weighted by Gasteiger charge is -2.10. The Balaban J connectivity index is 2.39. The van der Waals surface area contributed by atoms with Gasteiger partial charge in [0.2, 0.25) is 0 Å². The highest BCUT2D eigenvalue weighted by molar-refractivity contribution is 4.70. The molecule has 2 unspecified atom stereocenters. The van der Waals surface area contributed by atoms with Gasteiger partial charge < -0.3 is 5.11 Å². The van der Waals surface area contributed by atoms with Crippen LogP contribution in [0.25, 0.3) is 0 Å².